The topological polar surface area (TPSA) is 114 Å². The highest BCUT2D eigenvalue weighted by Gasteiger charge is 2.34. The fourth-order valence-corrected chi connectivity index (χ4v) is 2.79. The quantitative estimate of drug-likeness (QED) is 0.722. The number of rotatable bonds is 6. The molecule has 2 aromatic rings. The van der Waals surface area contributed by atoms with Crippen LogP contribution in [0.25, 0.3) is 0 Å². The molecule has 0 bridgehead atoms. The minimum atomic E-state index is -0.654. The van der Waals surface area contributed by atoms with Gasteiger partial charge in [-0.25, -0.2) is 4.98 Å². The predicted octanol–water partition coefficient (Wildman–Crippen LogP) is 1.60. The van der Waals surface area contributed by atoms with Crippen molar-refractivity contribution < 1.29 is 24.2 Å². The summed E-state index contributed by atoms with van der Waals surface area (Å²) >= 11 is 0. The van der Waals surface area contributed by atoms with Gasteiger partial charge in [0.1, 0.15) is 28.4 Å². The summed E-state index contributed by atoms with van der Waals surface area (Å²) in [5, 5.41) is 12.8. The van der Waals surface area contributed by atoms with Gasteiger partial charge >= 0.3 is 0 Å². The molecule has 8 heteroatoms. The summed E-state index contributed by atoms with van der Waals surface area (Å²) in [5.74, 6) is -0.162. The zero-order valence-corrected chi connectivity index (χ0v) is 14.7. The molecule has 26 heavy (non-hydrogen) atoms. The maximum atomic E-state index is 12.2. The maximum Gasteiger partial charge on any atom is 0.257 e. The number of Topliss-reactive ketones (excluding diaryl/α,β-unsaturated/α-hetero) is 1. The Labute approximate surface area is 150 Å². The summed E-state index contributed by atoms with van der Waals surface area (Å²) in [6.07, 6.45) is 4.10. The second-order valence-corrected chi connectivity index (χ2v) is 6.74. The SMILES string of the molecule is CC1(C)CC(=O)c2c(O)cc(OCC(=O)NCCc3cnc[nH]3)cc2O1. The van der Waals surface area contributed by atoms with Crippen LogP contribution in [0.5, 0.6) is 17.2 Å². The highest BCUT2D eigenvalue weighted by molar-refractivity contribution is 6.03. The molecule has 138 valence electrons. The van der Waals surface area contributed by atoms with Crippen LogP contribution < -0.4 is 14.8 Å². The molecule has 1 aliphatic heterocycles. The number of ether oxygens (including phenoxy) is 2. The lowest BCUT2D eigenvalue weighted by Crippen LogP contribution is -2.36. The third-order valence-corrected chi connectivity index (χ3v) is 3.95. The average molecular weight is 359 g/mol. The first kappa shape index (κ1) is 17.8. The van der Waals surface area contributed by atoms with Gasteiger partial charge in [0.2, 0.25) is 0 Å². The van der Waals surface area contributed by atoms with E-state index in [1.54, 1.807) is 26.4 Å². The number of carbonyl (C=O) groups excluding carboxylic acids is 2. The molecule has 0 saturated heterocycles. The first-order chi connectivity index (χ1) is 12.3. The van der Waals surface area contributed by atoms with E-state index in [0.29, 0.717) is 13.0 Å². The summed E-state index contributed by atoms with van der Waals surface area (Å²) in [7, 11) is 0. The molecule has 3 rings (SSSR count). The van der Waals surface area contributed by atoms with Gasteiger partial charge in [-0.15, -0.1) is 0 Å². The molecule has 3 N–H and O–H groups in total. The van der Waals surface area contributed by atoms with Crippen LogP contribution in [0.2, 0.25) is 0 Å². The van der Waals surface area contributed by atoms with Crippen LogP contribution in [0.15, 0.2) is 24.7 Å². The number of nitrogens with one attached hydrogen (secondary N) is 2. The third-order valence-electron chi connectivity index (χ3n) is 3.95. The number of nitrogens with zero attached hydrogens (tertiary/aromatic N) is 1. The molecule has 1 amide bonds. The van der Waals surface area contributed by atoms with Gasteiger partial charge in [0.05, 0.1) is 12.7 Å². The van der Waals surface area contributed by atoms with Crippen LogP contribution in [-0.2, 0) is 11.2 Å². The molecule has 0 fully saturated rings. The number of amides is 1. The van der Waals surface area contributed by atoms with Crippen molar-refractivity contribution in [3.63, 3.8) is 0 Å². The second-order valence-electron chi connectivity index (χ2n) is 6.74. The highest BCUT2D eigenvalue weighted by atomic mass is 16.5. The van der Waals surface area contributed by atoms with E-state index in [4.69, 9.17) is 9.47 Å². The second kappa shape index (κ2) is 7.07. The predicted molar refractivity (Wildman–Crippen MR) is 92.6 cm³/mol. The molecular formula is C18H21N3O5. The average Bonchev–Trinajstić information content (AvgIpc) is 3.04. The molecule has 2 heterocycles. The number of fused-ring (bicyclic) bond motifs is 1. The number of benzene rings is 1. The molecule has 1 aromatic heterocycles. The number of hydrogen-bond donors (Lipinski definition) is 3. The van der Waals surface area contributed by atoms with E-state index in [2.05, 4.69) is 15.3 Å². The van der Waals surface area contributed by atoms with E-state index in [1.807, 2.05) is 0 Å². The van der Waals surface area contributed by atoms with Gasteiger partial charge in [-0.1, -0.05) is 0 Å². The Morgan fingerprint density at radius 1 is 1.46 bits per heavy atom. The Balaban J connectivity index is 1.57. The maximum absolute atomic E-state index is 12.2. The summed E-state index contributed by atoms with van der Waals surface area (Å²) in [4.78, 5) is 30.9. The van der Waals surface area contributed by atoms with Crippen LogP contribution in [0, 0.1) is 0 Å². The molecule has 0 radical (unpaired) electrons. The van der Waals surface area contributed by atoms with Crippen molar-refractivity contribution in [2.45, 2.75) is 32.3 Å². The van der Waals surface area contributed by atoms with E-state index >= 15 is 0 Å². The van der Waals surface area contributed by atoms with Gasteiger partial charge in [0, 0.05) is 37.0 Å². The number of phenols is 1. The van der Waals surface area contributed by atoms with E-state index in [9.17, 15) is 14.7 Å². The number of phenolic OH excluding ortho intramolecular Hbond substituents is 1. The third kappa shape index (κ3) is 4.14. The molecular weight excluding hydrogens is 338 g/mol. The zero-order chi connectivity index (χ0) is 18.7. The molecule has 1 aliphatic rings. The van der Waals surface area contributed by atoms with Crippen LogP contribution in [0.1, 0.15) is 36.3 Å². The van der Waals surface area contributed by atoms with E-state index in [0.717, 1.165) is 5.69 Å². The Morgan fingerprint density at radius 3 is 3.00 bits per heavy atom. The van der Waals surface area contributed by atoms with Crippen molar-refractivity contribution in [3.05, 3.63) is 35.9 Å². The number of imidazole rings is 1. The number of hydrogen-bond acceptors (Lipinski definition) is 6. The first-order valence-electron chi connectivity index (χ1n) is 8.30. The van der Waals surface area contributed by atoms with Gasteiger partial charge in [-0.05, 0) is 13.8 Å². The lowest BCUT2D eigenvalue weighted by molar-refractivity contribution is -0.123. The summed E-state index contributed by atoms with van der Waals surface area (Å²) in [6, 6.07) is 2.84. The zero-order valence-electron chi connectivity index (χ0n) is 14.7. The van der Waals surface area contributed by atoms with Gasteiger partial charge in [0.25, 0.3) is 5.91 Å². The monoisotopic (exact) mass is 359 g/mol. The molecule has 0 saturated carbocycles. The summed E-state index contributed by atoms with van der Waals surface area (Å²) in [6.45, 7) is 3.83. The Hall–Kier alpha value is -3.03. The van der Waals surface area contributed by atoms with Crippen molar-refractivity contribution in [1.29, 1.82) is 0 Å². The van der Waals surface area contributed by atoms with Gasteiger partial charge in [0.15, 0.2) is 12.4 Å². The van der Waals surface area contributed by atoms with Gasteiger partial charge < -0.3 is 24.9 Å². The van der Waals surface area contributed by atoms with Crippen LogP contribution in [0.3, 0.4) is 0 Å². The standard InChI is InChI=1S/C18H21N3O5/c1-18(2)7-14(23)17-13(22)5-12(6-15(17)26-18)25-9-16(24)20-4-3-11-8-19-10-21-11/h5-6,8,10,22H,3-4,7,9H2,1-2H3,(H,19,21)(H,20,24). The number of ketones is 1. The molecule has 8 nitrogen and oxygen atoms in total. The minimum Gasteiger partial charge on any atom is -0.507 e. The Morgan fingerprint density at radius 2 is 2.27 bits per heavy atom. The molecule has 0 aliphatic carbocycles. The summed E-state index contributed by atoms with van der Waals surface area (Å²) < 4.78 is 11.2. The van der Waals surface area contributed by atoms with Crippen molar-refractivity contribution in [2.24, 2.45) is 0 Å². The first-order valence-corrected chi connectivity index (χ1v) is 8.30. The number of H-pyrrole nitrogens is 1. The molecule has 1 aromatic carbocycles. The number of aromatic nitrogens is 2. The van der Waals surface area contributed by atoms with Crippen LogP contribution >= 0.6 is 0 Å². The molecule has 0 atom stereocenters. The Bertz CT molecular complexity index is 814. The van der Waals surface area contributed by atoms with E-state index in [-0.39, 0.29) is 47.5 Å². The normalized spacial score (nSPS) is 15.1. The largest absolute Gasteiger partial charge is 0.507 e. The summed E-state index contributed by atoms with van der Waals surface area (Å²) in [5.41, 5.74) is 0.426. The Kier molecular flexibility index (Phi) is 4.83. The lowest BCUT2D eigenvalue weighted by atomic mass is 9.92. The van der Waals surface area contributed by atoms with Crippen molar-refractivity contribution in [2.75, 3.05) is 13.2 Å². The fraction of sp³-hybridized carbons (Fsp3) is 0.389. The smallest absolute Gasteiger partial charge is 0.257 e. The van der Waals surface area contributed by atoms with Crippen molar-refractivity contribution in [1.82, 2.24) is 15.3 Å². The lowest BCUT2D eigenvalue weighted by Gasteiger charge is -2.32. The van der Waals surface area contributed by atoms with Crippen LogP contribution in [0.4, 0.5) is 0 Å². The van der Waals surface area contributed by atoms with Crippen molar-refractivity contribution >= 4 is 11.7 Å². The van der Waals surface area contributed by atoms with E-state index in [1.165, 1.54) is 12.1 Å². The number of aromatic amines is 1. The molecule has 0 spiro atoms. The van der Waals surface area contributed by atoms with Crippen molar-refractivity contribution in [3.8, 4) is 17.2 Å². The van der Waals surface area contributed by atoms with Gasteiger partial charge in [-0.3, -0.25) is 9.59 Å². The highest BCUT2D eigenvalue weighted by Crippen LogP contribution is 2.40. The van der Waals surface area contributed by atoms with Gasteiger partial charge in [-0.2, -0.15) is 0 Å². The fourth-order valence-electron chi connectivity index (χ4n) is 2.79. The minimum absolute atomic E-state index is 0.153. The van der Waals surface area contributed by atoms with Crippen LogP contribution in [-0.4, -0.2) is 45.5 Å². The molecule has 0 unspecified atom stereocenters. The van der Waals surface area contributed by atoms with E-state index < -0.39 is 5.60 Å². The number of aromatic hydroxyl groups is 1. The number of carbonyl (C=O) groups is 2.